The molecule has 0 N–H and O–H groups in total. The molecule has 0 aliphatic carbocycles. The van der Waals surface area contributed by atoms with E-state index < -0.39 is 18.2 Å². The van der Waals surface area contributed by atoms with Crippen molar-refractivity contribution in [3.63, 3.8) is 0 Å². The lowest BCUT2D eigenvalue weighted by atomic mass is 9.97. The Morgan fingerprint density at radius 1 is 1.05 bits per heavy atom. The highest BCUT2D eigenvalue weighted by Crippen LogP contribution is 2.35. The molecule has 1 aromatic carbocycles. The van der Waals surface area contributed by atoms with Crippen LogP contribution in [0.5, 0.6) is 0 Å². The third-order valence-electron chi connectivity index (χ3n) is 7.13. The summed E-state index contributed by atoms with van der Waals surface area (Å²) in [4.78, 5) is 19.2. The first-order valence-corrected chi connectivity index (χ1v) is 13.1. The fraction of sp³-hybridized carbons (Fsp3) is 0.500. The fourth-order valence-corrected chi connectivity index (χ4v) is 5.76. The van der Waals surface area contributed by atoms with Crippen LogP contribution in [0.1, 0.15) is 69.4 Å². The fourth-order valence-electron chi connectivity index (χ4n) is 4.76. The molecule has 0 spiro atoms. The molecule has 4 heterocycles. The number of amides is 1. The summed E-state index contributed by atoms with van der Waals surface area (Å²) in [6.07, 6.45) is -3.58. The molecule has 0 bridgehead atoms. The molecule has 11 heteroatoms. The van der Waals surface area contributed by atoms with Crippen LogP contribution in [0.15, 0.2) is 23.6 Å². The molecule has 3 aromatic rings. The van der Waals surface area contributed by atoms with E-state index >= 15 is 0 Å². The lowest BCUT2D eigenvalue weighted by Gasteiger charge is -2.31. The van der Waals surface area contributed by atoms with Gasteiger partial charge >= 0.3 is 6.18 Å². The summed E-state index contributed by atoms with van der Waals surface area (Å²) in [5, 5.41) is 6.53. The summed E-state index contributed by atoms with van der Waals surface area (Å²) in [6.45, 7) is 7.48. The van der Waals surface area contributed by atoms with Gasteiger partial charge < -0.3 is 14.4 Å². The van der Waals surface area contributed by atoms with Crippen LogP contribution < -0.4 is 0 Å². The van der Waals surface area contributed by atoms with Crippen molar-refractivity contribution in [3.8, 4) is 0 Å². The van der Waals surface area contributed by atoms with Gasteiger partial charge in [0.1, 0.15) is 12.2 Å². The van der Waals surface area contributed by atoms with Crippen LogP contribution in [0.4, 0.5) is 13.2 Å². The van der Waals surface area contributed by atoms with Gasteiger partial charge in [0.25, 0.3) is 0 Å². The number of carbonyl (C=O) groups is 1. The van der Waals surface area contributed by atoms with Crippen molar-refractivity contribution in [1.29, 1.82) is 0 Å². The molecule has 2 aromatic heterocycles. The average molecular weight is 535 g/mol. The highest BCUT2D eigenvalue weighted by molar-refractivity contribution is 7.09. The van der Waals surface area contributed by atoms with Gasteiger partial charge in [0.15, 0.2) is 5.69 Å². The zero-order valence-electron chi connectivity index (χ0n) is 21.0. The van der Waals surface area contributed by atoms with E-state index in [0.717, 1.165) is 45.4 Å². The van der Waals surface area contributed by atoms with Gasteiger partial charge in [0.2, 0.25) is 12.2 Å². The normalized spacial score (nSPS) is 17.6. The highest BCUT2D eigenvalue weighted by Gasteiger charge is 2.35. The number of fused-ring (bicyclic) bond motifs is 1. The number of likely N-dealkylation sites (tertiary alicyclic amines) is 1. The van der Waals surface area contributed by atoms with Gasteiger partial charge in [-0.2, -0.15) is 18.3 Å². The minimum atomic E-state index is -4.53. The highest BCUT2D eigenvalue weighted by atomic mass is 32.1. The Labute approximate surface area is 217 Å². The van der Waals surface area contributed by atoms with Crippen LogP contribution in [0.2, 0.25) is 0 Å². The quantitative estimate of drug-likeness (QED) is 0.446. The lowest BCUT2D eigenvalue weighted by molar-refractivity contribution is -0.155. The van der Waals surface area contributed by atoms with E-state index in [1.807, 2.05) is 5.38 Å². The van der Waals surface area contributed by atoms with Gasteiger partial charge in [0.05, 0.1) is 18.2 Å². The Kier molecular flexibility index (Phi) is 7.12. The van der Waals surface area contributed by atoms with E-state index in [-0.39, 0.29) is 18.4 Å². The van der Waals surface area contributed by atoms with Crippen LogP contribution in [0, 0.1) is 20.8 Å². The summed E-state index contributed by atoms with van der Waals surface area (Å²) in [6, 6.07) is 5.27. The van der Waals surface area contributed by atoms with Gasteiger partial charge in [0, 0.05) is 30.1 Å². The van der Waals surface area contributed by atoms with E-state index in [9.17, 15) is 18.0 Å². The number of benzene rings is 1. The van der Waals surface area contributed by atoms with Gasteiger partial charge in [-0.3, -0.25) is 9.48 Å². The van der Waals surface area contributed by atoms with Crippen molar-refractivity contribution in [2.45, 2.75) is 71.8 Å². The molecule has 0 saturated carbocycles. The Morgan fingerprint density at radius 3 is 2.24 bits per heavy atom. The summed E-state index contributed by atoms with van der Waals surface area (Å²) < 4.78 is 52.0. The first-order valence-electron chi connectivity index (χ1n) is 12.3. The Balaban J connectivity index is 1.16. The zero-order chi connectivity index (χ0) is 26.3. The number of ether oxygens (including phenoxy) is 2. The largest absolute Gasteiger partial charge is 0.435 e. The Bertz CT molecular complexity index is 1260. The van der Waals surface area contributed by atoms with Gasteiger partial charge in [-0.15, -0.1) is 11.3 Å². The number of alkyl halides is 3. The molecule has 0 atom stereocenters. The number of rotatable bonds is 4. The van der Waals surface area contributed by atoms with Crippen LogP contribution in [-0.2, 0) is 40.2 Å². The topological polar surface area (TPSA) is 69.5 Å². The number of aromatic nitrogens is 3. The van der Waals surface area contributed by atoms with E-state index in [1.54, 1.807) is 16.2 Å². The van der Waals surface area contributed by atoms with Crippen molar-refractivity contribution in [2.75, 3.05) is 13.1 Å². The van der Waals surface area contributed by atoms with E-state index in [0.29, 0.717) is 32.0 Å². The standard InChI is InChI=1S/C26H29F3N4O3S/c1-15-8-19-12-35-25(36-13-20(19)9-16(15)2)21-14-37-24(30-21)18-4-6-32(7-5-18)23(34)11-33-17(3)10-22(31-33)26(27,28)29/h8-10,14,18,25H,4-7,11-13H2,1-3H3. The number of hydrogen-bond acceptors (Lipinski definition) is 6. The predicted molar refractivity (Wildman–Crippen MR) is 131 cm³/mol. The second kappa shape index (κ2) is 10.2. The first-order chi connectivity index (χ1) is 17.6. The maximum atomic E-state index is 12.9. The second-order valence-corrected chi connectivity index (χ2v) is 10.6. The second-order valence-electron chi connectivity index (χ2n) is 9.75. The number of halogens is 3. The molecule has 37 heavy (non-hydrogen) atoms. The molecular weight excluding hydrogens is 505 g/mol. The average Bonchev–Trinajstić information content (AvgIpc) is 3.43. The molecular formula is C26H29F3N4O3S. The monoisotopic (exact) mass is 534 g/mol. The number of nitrogens with zero attached hydrogens (tertiary/aromatic N) is 4. The lowest BCUT2D eigenvalue weighted by Crippen LogP contribution is -2.40. The van der Waals surface area contributed by atoms with Gasteiger partial charge in [-0.1, -0.05) is 12.1 Å². The molecule has 1 fully saturated rings. The maximum absolute atomic E-state index is 12.9. The number of carbonyl (C=O) groups excluding carboxylic acids is 1. The third kappa shape index (κ3) is 5.58. The smallest absolute Gasteiger partial charge is 0.342 e. The molecule has 7 nitrogen and oxygen atoms in total. The van der Waals surface area contributed by atoms with Gasteiger partial charge in [-0.25, -0.2) is 4.98 Å². The number of aryl methyl sites for hydroxylation is 3. The zero-order valence-corrected chi connectivity index (χ0v) is 21.8. The summed E-state index contributed by atoms with van der Waals surface area (Å²) in [5.74, 6) is -0.0251. The molecule has 1 amide bonds. The van der Waals surface area contributed by atoms with Crippen molar-refractivity contribution in [2.24, 2.45) is 0 Å². The van der Waals surface area contributed by atoms with Crippen molar-refractivity contribution in [1.82, 2.24) is 19.7 Å². The van der Waals surface area contributed by atoms with Crippen molar-refractivity contribution in [3.05, 3.63) is 67.9 Å². The van der Waals surface area contributed by atoms with Gasteiger partial charge in [-0.05, 0) is 61.9 Å². The summed E-state index contributed by atoms with van der Waals surface area (Å²) >= 11 is 1.57. The van der Waals surface area contributed by atoms with Crippen LogP contribution >= 0.6 is 11.3 Å². The molecule has 0 radical (unpaired) electrons. The van der Waals surface area contributed by atoms with Crippen molar-refractivity contribution >= 4 is 17.2 Å². The first kappa shape index (κ1) is 25.9. The molecule has 198 valence electrons. The third-order valence-corrected chi connectivity index (χ3v) is 8.16. The van der Waals surface area contributed by atoms with Crippen LogP contribution in [0.3, 0.4) is 0 Å². The number of piperidine rings is 1. The van der Waals surface area contributed by atoms with Crippen LogP contribution in [0.25, 0.3) is 0 Å². The molecule has 2 aliphatic heterocycles. The molecule has 2 aliphatic rings. The van der Waals surface area contributed by atoms with E-state index in [4.69, 9.17) is 14.5 Å². The SMILES string of the molecule is Cc1cc2c(cc1C)COC(c1csc(C3CCN(C(=O)Cn4nc(C(F)(F)F)cc4C)CC3)n1)OC2. The number of thiazole rings is 1. The van der Waals surface area contributed by atoms with Crippen LogP contribution in [-0.4, -0.2) is 38.7 Å². The predicted octanol–water partition coefficient (Wildman–Crippen LogP) is 5.44. The Morgan fingerprint density at radius 2 is 1.68 bits per heavy atom. The Hall–Kier alpha value is -2.76. The number of hydrogen-bond donors (Lipinski definition) is 0. The minimum Gasteiger partial charge on any atom is -0.342 e. The summed E-state index contributed by atoms with van der Waals surface area (Å²) in [7, 11) is 0. The van der Waals surface area contributed by atoms with Crippen molar-refractivity contribution < 1.29 is 27.4 Å². The van der Waals surface area contributed by atoms with E-state index in [2.05, 4.69) is 31.1 Å². The van der Waals surface area contributed by atoms with E-state index in [1.165, 1.54) is 18.1 Å². The summed E-state index contributed by atoms with van der Waals surface area (Å²) in [5.41, 5.74) is 4.82. The minimum absolute atomic E-state index is 0.203. The maximum Gasteiger partial charge on any atom is 0.435 e. The molecule has 0 unspecified atom stereocenters. The molecule has 5 rings (SSSR count). The molecule has 1 saturated heterocycles.